The first-order chi connectivity index (χ1) is 8.73. The van der Waals surface area contributed by atoms with E-state index >= 15 is 0 Å². The third kappa shape index (κ3) is 8.20. The fourth-order valence-corrected chi connectivity index (χ4v) is 1.91. The number of carboxylic acid groups (broad SMARTS) is 2. The highest BCUT2D eigenvalue weighted by atomic mass is 32.2. The van der Waals surface area contributed by atoms with Gasteiger partial charge in [-0.15, -0.1) is 0 Å². The van der Waals surface area contributed by atoms with Gasteiger partial charge < -0.3 is 15.1 Å². The van der Waals surface area contributed by atoms with Crippen molar-refractivity contribution in [2.24, 2.45) is 5.92 Å². The highest BCUT2D eigenvalue weighted by Crippen LogP contribution is 2.12. The largest absolute Gasteiger partial charge is 0.481 e. The van der Waals surface area contributed by atoms with Crippen molar-refractivity contribution in [3.05, 3.63) is 0 Å². The van der Waals surface area contributed by atoms with Gasteiger partial charge in [0.1, 0.15) is 6.54 Å². The van der Waals surface area contributed by atoms with Crippen molar-refractivity contribution < 1.29 is 29.4 Å². The van der Waals surface area contributed by atoms with Crippen LogP contribution >= 0.6 is 11.8 Å². The van der Waals surface area contributed by atoms with Gasteiger partial charge in [-0.25, -0.2) is 0 Å². The van der Waals surface area contributed by atoms with Gasteiger partial charge >= 0.3 is 11.9 Å². The van der Waals surface area contributed by atoms with E-state index in [0.29, 0.717) is 0 Å². The maximum atomic E-state index is 11.9. The zero-order valence-electron chi connectivity index (χ0n) is 10.8. The Hall–Kier alpha value is -1.57. The molecular weight excluding hydrogens is 274 g/mol. The molecule has 0 saturated heterocycles. The van der Waals surface area contributed by atoms with Crippen molar-refractivity contribution in [1.29, 1.82) is 0 Å². The first kappa shape index (κ1) is 17.4. The van der Waals surface area contributed by atoms with Crippen molar-refractivity contribution in [2.45, 2.75) is 20.3 Å². The molecule has 0 saturated carbocycles. The van der Waals surface area contributed by atoms with E-state index < -0.39 is 30.3 Å². The van der Waals surface area contributed by atoms with Crippen LogP contribution in [0.15, 0.2) is 0 Å². The third-order valence-electron chi connectivity index (χ3n) is 2.19. The second kappa shape index (κ2) is 8.52. The molecule has 0 aromatic heterocycles. The number of hydrogen-bond acceptors (Lipinski definition) is 5. The van der Waals surface area contributed by atoms with E-state index in [9.17, 15) is 19.2 Å². The Morgan fingerprint density at radius 2 is 1.74 bits per heavy atom. The molecule has 2 N–H and O–H groups in total. The van der Waals surface area contributed by atoms with Crippen LogP contribution in [0.1, 0.15) is 20.3 Å². The van der Waals surface area contributed by atoms with Crippen LogP contribution < -0.4 is 0 Å². The Morgan fingerprint density at radius 1 is 1.16 bits per heavy atom. The normalized spacial score (nSPS) is 11.7. The Morgan fingerprint density at radius 3 is 2.16 bits per heavy atom. The van der Waals surface area contributed by atoms with E-state index in [1.807, 2.05) is 0 Å². The van der Waals surface area contributed by atoms with Gasteiger partial charge in [0.2, 0.25) is 5.91 Å². The number of rotatable bonds is 8. The van der Waals surface area contributed by atoms with E-state index in [1.54, 1.807) is 6.92 Å². The summed E-state index contributed by atoms with van der Waals surface area (Å²) >= 11 is 0.978. The first-order valence-electron chi connectivity index (χ1n) is 5.59. The SMILES string of the molecule is CC(=O)SCC(C)C(=O)N(CCC(=O)O)CC(=O)O. The van der Waals surface area contributed by atoms with E-state index in [0.717, 1.165) is 16.7 Å². The number of carbonyl (C=O) groups excluding carboxylic acids is 2. The molecule has 0 aromatic rings. The van der Waals surface area contributed by atoms with Crippen LogP contribution in [0.4, 0.5) is 0 Å². The van der Waals surface area contributed by atoms with Gasteiger partial charge in [-0.3, -0.25) is 19.2 Å². The molecule has 0 heterocycles. The molecule has 0 aliphatic rings. The lowest BCUT2D eigenvalue weighted by molar-refractivity contribution is -0.147. The lowest BCUT2D eigenvalue weighted by Crippen LogP contribution is -2.40. The van der Waals surface area contributed by atoms with Crippen LogP contribution in [0.5, 0.6) is 0 Å². The average Bonchev–Trinajstić information content (AvgIpc) is 2.29. The minimum atomic E-state index is -1.20. The molecule has 8 heteroatoms. The standard InChI is InChI=1S/C11H17NO6S/c1-7(6-19-8(2)13)11(18)12(5-10(16)17)4-3-9(14)15/h7H,3-6H2,1-2H3,(H,14,15)(H,16,17). The third-order valence-corrected chi connectivity index (χ3v) is 3.26. The Balaban J connectivity index is 4.54. The fraction of sp³-hybridized carbons (Fsp3) is 0.636. The molecule has 0 rings (SSSR count). The van der Waals surface area contributed by atoms with Gasteiger partial charge in [0, 0.05) is 25.1 Å². The number of thioether (sulfide) groups is 1. The highest BCUT2D eigenvalue weighted by Gasteiger charge is 2.23. The quantitative estimate of drug-likeness (QED) is 0.661. The number of hydrogen-bond donors (Lipinski definition) is 2. The Labute approximate surface area is 115 Å². The fourth-order valence-electron chi connectivity index (χ4n) is 1.29. The molecule has 0 aliphatic carbocycles. The summed E-state index contributed by atoms with van der Waals surface area (Å²) in [6, 6.07) is 0. The van der Waals surface area contributed by atoms with Crippen LogP contribution in [-0.4, -0.2) is 56.9 Å². The molecular formula is C11H17NO6S. The zero-order valence-corrected chi connectivity index (χ0v) is 11.6. The highest BCUT2D eigenvalue weighted by molar-refractivity contribution is 8.13. The van der Waals surface area contributed by atoms with Gasteiger partial charge in [0.05, 0.1) is 6.42 Å². The molecule has 1 unspecified atom stereocenters. The van der Waals surface area contributed by atoms with Gasteiger partial charge in [0.25, 0.3) is 0 Å². The summed E-state index contributed by atoms with van der Waals surface area (Å²) in [4.78, 5) is 44.8. The molecule has 108 valence electrons. The minimum Gasteiger partial charge on any atom is -0.481 e. The van der Waals surface area contributed by atoms with Gasteiger partial charge in [-0.2, -0.15) is 0 Å². The molecule has 1 atom stereocenters. The lowest BCUT2D eigenvalue weighted by Gasteiger charge is -2.23. The number of carbonyl (C=O) groups is 4. The van der Waals surface area contributed by atoms with Crippen molar-refractivity contribution in [2.75, 3.05) is 18.8 Å². The number of nitrogens with zero attached hydrogens (tertiary/aromatic N) is 1. The predicted molar refractivity (Wildman–Crippen MR) is 68.8 cm³/mol. The molecule has 0 spiro atoms. The van der Waals surface area contributed by atoms with E-state index in [-0.39, 0.29) is 23.8 Å². The van der Waals surface area contributed by atoms with Crippen molar-refractivity contribution in [1.82, 2.24) is 4.90 Å². The number of aliphatic carboxylic acids is 2. The molecule has 7 nitrogen and oxygen atoms in total. The van der Waals surface area contributed by atoms with Crippen molar-refractivity contribution in [3.8, 4) is 0 Å². The van der Waals surface area contributed by atoms with Gasteiger partial charge in [-0.05, 0) is 0 Å². The summed E-state index contributed by atoms with van der Waals surface area (Å²) < 4.78 is 0. The number of carboxylic acids is 2. The zero-order chi connectivity index (χ0) is 15.0. The number of amides is 1. The minimum absolute atomic E-state index is 0.130. The summed E-state index contributed by atoms with van der Waals surface area (Å²) in [6.07, 6.45) is -0.314. The van der Waals surface area contributed by atoms with Crippen LogP contribution in [-0.2, 0) is 19.2 Å². The smallest absolute Gasteiger partial charge is 0.323 e. The van der Waals surface area contributed by atoms with Crippen LogP contribution in [0.25, 0.3) is 0 Å². The second-order valence-electron chi connectivity index (χ2n) is 4.00. The van der Waals surface area contributed by atoms with Gasteiger partial charge in [-0.1, -0.05) is 18.7 Å². The lowest BCUT2D eigenvalue weighted by atomic mass is 10.2. The molecule has 0 aliphatic heterocycles. The molecule has 0 aromatic carbocycles. The van der Waals surface area contributed by atoms with E-state index in [2.05, 4.69) is 0 Å². The Kier molecular flexibility index (Phi) is 7.81. The van der Waals surface area contributed by atoms with Crippen LogP contribution in [0, 0.1) is 5.92 Å². The first-order valence-corrected chi connectivity index (χ1v) is 6.58. The summed E-state index contributed by atoms with van der Waals surface area (Å²) in [7, 11) is 0. The summed E-state index contributed by atoms with van der Waals surface area (Å²) in [5, 5.41) is 17.1. The molecule has 0 radical (unpaired) electrons. The van der Waals surface area contributed by atoms with Gasteiger partial charge in [0.15, 0.2) is 5.12 Å². The van der Waals surface area contributed by atoms with Crippen LogP contribution in [0.3, 0.4) is 0 Å². The summed E-state index contributed by atoms with van der Waals surface area (Å²) in [5.74, 6) is -3.06. The summed E-state index contributed by atoms with van der Waals surface area (Å²) in [6.45, 7) is 2.26. The molecule has 1 amide bonds. The monoisotopic (exact) mass is 291 g/mol. The predicted octanol–water partition coefficient (Wildman–Crippen LogP) is 0.290. The average molecular weight is 291 g/mol. The van der Waals surface area contributed by atoms with Crippen LogP contribution in [0.2, 0.25) is 0 Å². The maximum Gasteiger partial charge on any atom is 0.323 e. The van der Waals surface area contributed by atoms with Crippen molar-refractivity contribution in [3.63, 3.8) is 0 Å². The molecule has 0 fully saturated rings. The summed E-state index contributed by atoms with van der Waals surface area (Å²) in [5.41, 5.74) is 0. The second-order valence-corrected chi connectivity index (χ2v) is 5.20. The van der Waals surface area contributed by atoms with Crippen molar-refractivity contribution >= 4 is 34.7 Å². The molecule has 0 bridgehead atoms. The van der Waals surface area contributed by atoms with E-state index in [4.69, 9.17) is 10.2 Å². The maximum absolute atomic E-state index is 11.9. The van der Waals surface area contributed by atoms with E-state index in [1.165, 1.54) is 6.92 Å². The Bertz CT molecular complexity index is 370. The topological polar surface area (TPSA) is 112 Å². The molecule has 19 heavy (non-hydrogen) atoms.